The summed E-state index contributed by atoms with van der Waals surface area (Å²) in [4.78, 5) is 12.0. The van der Waals surface area contributed by atoms with Gasteiger partial charge in [0, 0.05) is 16.5 Å². The second-order valence-corrected chi connectivity index (χ2v) is 5.23. The van der Waals surface area contributed by atoms with Crippen molar-refractivity contribution in [3.05, 3.63) is 68.7 Å². The second-order valence-electron chi connectivity index (χ2n) is 3.97. The fraction of sp³-hybridized carbons (Fsp3) is 0.0714. The van der Waals surface area contributed by atoms with Crippen molar-refractivity contribution in [3.63, 3.8) is 0 Å². The van der Waals surface area contributed by atoms with Crippen LogP contribution in [0.5, 0.6) is 0 Å². The number of carbonyl (C=O) groups excluding carboxylic acids is 1. The van der Waals surface area contributed by atoms with Crippen LogP contribution in [-0.2, 0) is 6.42 Å². The van der Waals surface area contributed by atoms with Crippen molar-refractivity contribution in [1.29, 1.82) is 0 Å². The molecule has 5 heteroatoms. The summed E-state index contributed by atoms with van der Waals surface area (Å²) in [5.74, 6) is -1.22. The predicted molar refractivity (Wildman–Crippen MR) is 73.5 cm³/mol. The lowest BCUT2D eigenvalue weighted by molar-refractivity contribution is 0.0992. The highest BCUT2D eigenvalue weighted by Gasteiger charge is 2.12. The molecule has 0 aliphatic rings. The molecule has 1 nitrogen and oxygen atoms in total. The molecule has 2 aromatic rings. The highest BCUT2D eigenvalue weighted by molar-refractivity contribution is 9.10. The van der Waals surface area contributed by atoms with Crippen LogP contribution >= 0.6 is 27.5 Å². The summed E-state index contributed by atoms with van der Waals surface area (Å²) in [6.45, 7) is 0. The Bertz CT molecular complexity index is 643. The summed E-state index contributed by atoms with van der Waals surface area (Å²) in [6.07, 6.45) is 0.0261. The maximum absolute atomic E-state index is 13.3. The van der Waals surface area contributed by atoms with Crippen molar-refractivity contribution in [3.8, 4) is 0 Å². The second kappa shape index (κ2) is 5.80. The lowest BCUT2D eigenvalue weighted by Gasteiger charge is -2.05. The fourth-order valence-corrected chi connectivity index (χ4v) is 2.34. The Morgan fingerprint density at radius 1 is 1.16 bits per heavy atom. The molecule has 0 aliphatic heterocycles. The minimum Gasteiger partial charge on any atom is -0.294 e. The van der Waals surface area contributed by atoms with Crippen molar-refractivity contribution in [1.82, 2.24) is 0 Å². The molecule has 0 amide bonds. The number of hydrogen-bond donors (Lipinski definition) is 0. The lowest BCUT2D eigenvalue weighted by Crippen LogP contribution is -2.05. The van der Waals surface area contributed by atoms with Crippen LogP contribution in [0.25, 0.3) is 0 Å². The minimum absolute atomic E-state index is 0.0131. The summed E-state index contributed by atoms with van der Waals surface area (Å²) in [5, 5.41) is 0.0131. The van der Waals surface area contributed by atoms with Crippen molar-refractivity contribution in [2.24, 2.45) is 0 Å². The van der Waals surface area contributed by atoms with Gasteiger partial charge in [-0.3, -0.25) is 4.79 Å². The van der Waals surface area contributed by atoms with Crippen LogP contribution in [0.2, 0.25) is 5.02 Å². The van der Waals surface area contributed by atoms with E-state index in [9.17, 15) is 13.6 Å². The van der Waals surface area contributed by atoms with Gasteiger partial charge in [-0.15, -0.1) is 0 Å². The van der Waals surface area contributed by atoms with Crippen LogP contribution < -0.4 is 0 Å². The van der Waals surface area contributed by atoms with Crippen LogP contribution in [0.4, 0.5) is 8.78 Å². The topological polar surface area (TPSA) is 17.1 Å². The molecular formula is C14H8BrClF2O. The molecule has 2 aromatic carbocycles. The third-order valence-electron chi connectivity index (χ3n) is 2.58. The largest absolute Gasteiger partial charge is 0.294 e. The number of halogens is 4. The maximum Gasteiger partial charge on any atom is 0.168 e. The predicted octanol–water partition coefficient (Wildman–Crippen LogP) is 4.81. The van der Waals surface area contributed by atoms with Gasteiger partial charge in [0.15, 0.2) is 5.78 Å². The third-order valence-corrected chi connectivity index (χ3v) is 3.54. The smallest absolute Gasteiger partial charge is 0.168 e. The van der Waals surface area contributed by atoms with Crippen molar-refractivity contribution < 1.29 is 13.6 Å². The number of benzene rings is 2. The Kier molecular flexibility index (Phi) is 4.32. The highest BCUT2D eigenvalue weighted by Crippen LogP contribution is 2.21. The third kappa shape index (κ3) is 3.39. The molecule has 0 aliphatic carbocycles. The zero-order valence-corrected chi connectivity index (χ0v) is 11.9. The van der Waals surface area contributed by atoms with E-state index in [0.29, 0.717) is 15.6 Å². The SMILES string of the molecule is O=C(Cc1ccc(Cl)c(F)c1)c1ccc(F)cc1Br. The first-order valence-electron chi connectivity index (χ1n) is 5.39. The molecule has 0 saturated heterocycles. The quantitative estimate of drug-likeness (QED) is 0.730. The van der Waals surface area contributed by atoms with Gasteiger partial charge >= 0.3 is 0 Å². The zero-order valence-electron chi connectivity index (χ0n) is 9.59. The molecule has 0 bridgehead atoms. The van der Waals surface area contributed by atoms with Crippen LogP contribution in [0.15, 0.2) is 40.9 Å². The standard InChI is InChI=1S/C14H8BrClF2O/c15-11-7-9(17)2-3-10(11)14(19)6-8-1-4-12(16)13(18)5-8/h1-5,7H,6H2. The highest BCUT2D eigenvalue weighted by atomic mass is 79.9. The van der Waals surface area contributed by atoms with E-state index < -0.39 is 11.6 Å². The maximum atomic E-state index is 13.3. The van der Waals surface area contributed by atoms with Gasteiger partial charge in [0.25, 0.3) is 0 Å². The van der Waals surface area contributed by atoms with Gasteiger partial charge in [-0.05, 0) is 51.8 Å². The molecule has 0 unspecified atom stereocenters. The van der Waals surface area contributed by atoms with E-state index in [1.54, 1.807) is 6.07 Å². The number of hydrogen-bond acceptors (Lipinski definition) is 1. The summed E-state index contributed by atoms with van der Waals surface area (Å²) >= 11 is 8.70. The lowest BCUT2D eigenvalue weighted by atomic mass is 10.0. The molecule has 0 fully saturated rings. The fourth-order valence-electron chi connectivity index (χ4n) is 1.65. The molecular weight excluding hydrogens is 338 g/mol. The van der Waals surface area contributed by atoms with E-state index in [0.717, 1.165) is 0 Å². The molecule has 98 valence electrons. The molecule has 0 heterocycles. The van der Waals surface area contributed by atoms with E-state index >= 15 is 0 Å². The molecule has 0 atom stereocenters. The zero-order chi connectivity index (χ0) is 14.0. The number of rotatable bonds is 3. The summed E-state index contributed by atoms with van der Waals surface area (Å²) in [7, 11) is 0. The molecule has 0 N–H and O–H groups in total. The van der Waals surface area contributed by atoms with Crippen LogP contribution in [0, 0.1) is 11.6 Å². The first-order valence-corrected chi connectivity index (χ1v) is 6.56. The van der Waals surface area contributed by atoms with Crippen LogP contribution in [0.3, 0.4) is 0 Å². The first kappa shape index (κ1) is 14.2. The number of ketones is 1. The van der Waals surface area contributed by atoms with Gasteiger partial charge < -0.3 is 0 Å². The summed E-state index contributed by atoms with van der Waals surface area (Å²) in [6, 6.07) is 8.03. The van der Waals surface area contributed by atoms with Crippen molar-refractivity contribution in [2.75, 3.05) is 0 Å². The molecule has 0 aromatic heterocycles. The van der Waals surface area contributed by atoms with Crippen molar-refractivity contribution >= 4 is 33.3 Å². The normalized spacial score (nSPS) is 10.5. The summed E-state index contributed by atoms with van der Waals surface area (Å²) in [5.41, 5.74) is 0.875. The van der Waals surface area contributed by atoms with Crippen LogP contribution in [-0.4, -0.2) is 5.78 Å². The Balaban J connectivity index is 2.23. The molecule has 19 heavy (non-hydrogen) atoms. The Labute approximate surface area is 122 Å². The van der Waals surface area contributed by atoms with Gasteiger partial charge in [-0.1, -0.05) is 17.7 Å². The first-order chi connectivity index (χ1) is 8.97. The van der Waals surface area contributed by atoms with Crippen LogP contribution in [0.1, 0.15) is 15.9 Å². The van der Waals surface area contributed by atoms with E-state index in [2.05, 4.69) is 15.9 Å². The molecule has 2 rings (SSSR count). The monoisotopic (exact) mass is 344 g/mol. The van der Waals surface area contributed by atoms with Crippen molar-refractivity contribution in [2.45, 2.75) is 6.42 Å². The number of carbonyl (C=O) groups is 1. The Morgan fingerprint density at radius 2 is 1.89 bits per heavy atom. The Hall–Kier alpha value is -1.26. The minimum atomic E-state index is -0.565. The van der Waals surface area contributed by atoms with Gasteiger partial charge in [-0.25, -0.2) is 8.78 Å². The Morgan fingerprint density at radius 3 is 2.53 bits per heavy atom. The average Bonchev–Trinajstić information content (AvgIpc) is 2.33. The summed E-state index contributed by atoms with van der Waals surface area (Å²) < 4.78 is 26.6. The molecule has 0 saturated carbocycles. The van der Waals surface area contributed by atoms with Gasteiger partial charge in [-0.2, -0.15) is 0 Å². The molecule has 0 spiro atoms. The van der Waals surface area contributed by atoms with E-state index in [4.69, 9.17) is 11.6 Å². The van der Waals surface area contributed by atoms with Gasteiger partial charge in [0.2, 0.25) is 0 Å². The van der Waals surface area contributed by atoms with Gasteiger partial charge in [0.05, 0.1) is 5.02 Å². The van der Waals surface area contributed by atoms with E-state index in [1.165, 1.54) is 30.3 Å². The average molecular weight is 346 g/mol. The van der Waals surface area contributed by atoms with Gasteiger partial charge in [0.1, 0.15) is 11.6 Å². The van der Waals surface area contributed by atoms with E-state index in [1.807, 2.05) is 0 Å². The van der Waals surface area contributed by atoms with E-state index in [-0.39, 0.29) is 17.2 Å². The molecule has 0 radical (unpaired) electrons. The number of Topliss-reactive ketones (excluding diaryl/α,β-unsaturated/α-hetero) is 1.